The lowest BCUT2D eigenvalue weighted by atomic mass is 10.2. The maximum absolute atomic E-state index is 12.6. The van der Waals surface area contributed by atoms with E-state index in [9.17, 15) is 18.4 Å². The van der Waals surface area contributed by atoms with Crippen LogP contribution in [0.3, 0.4) is 0 Å². The number of carbonyl (C=O) groups is 2. The maximum Gasteiger partial charge on any atom is 0.288 e. The van der Waals surface area contributed by atoms with E-state index >= 15 is 0 Å². The summed E-state index contributed by atoms with van der Waals surface area (Å²) in [4.78, 5) is 30.8. The van der Waals surface area contributed by atoms with Crippen LogP contribution >= 0.6 is 34.4 Å². The van der Waals surface area contributed by atoms with Gasteiger partial charge in [0.25, 0.3) is 17.6 Å². The van der Waals surface area contributed by atoms with E-state index in [4.69, 9.17) is 0 Å². The number of hydrogen-bond acceptors (Lipinski definition) is 5. The second-order valence-corrected chi connectivity index (χ2v) is 8.72. The van der Waals surface area contributed by atoms with Gasteiger partial charge in [0.1, 0.15) is 4.88 Å². The van der Waals surface area contributed by atoms with Gasteiger partial charge in [-0.2, -0.15) is 8.78 Å². The van der Waals surface area contributed by atoms with Crippen LogP contribution in [0.15, 0.2) is 28.5 Å². The summed E-state index contributed by atoms with van der Waals surface area (Å²) in [6.07, 6.45) is 0. The minimum Gasteiger partial charge on any atom is -0.334 e. The van der Waals surface area contributed by atoms with Crippen LogP contribution in [0.25, 0.3) is 0 Å². The Kier molecular flexibility index (Phi) is 5.75. The number of alkyl halides is 2. The van der Waals surface area contributed by atoms with E-state index in [1.54, 1.807) is 21.2 Å². The first-order chi connectivity index (χ1) is 12.0. The predicted molar refractivity (Wildman–Crippen MR) is 97.0 cm³/mol. The van der Waals surface area contributed by atoms with E-state index in [0.717, 1.165) is 4.88 Å². The van der Waals surface area contributed by atoms with Gasteiger partial charge in [0.05, 0.1) is 4.88 Å². The number of piperazine rings is 1. The van der Waals surface area contributed by atoms with Crippen molar-refractivity contribution in [3.8, 4) is 0 Å². The smallest absolute Gasteiger partial charge is 0.288 e. The fourth-order valence-electron chi connectivity index (χ4n) is 2.60. The molecule has 1 saturated heterocycles. The molecule has 9 heteroatoms. The average molecular weight is 403 g/mol. The molecular weight excluding hydrogens is 386 g/mol. The summed E-state index contributed by atoms with van der Waals surface area (Å²) in [5, 5.41) is 1.65. The molecule has 1 fully saturated rings. The Morgan fingerprint density at radius 2 is 1.72 bits per heavy atom. The van der Waals surface area contributed by atoms with Gasteiger partial charge in [-0.1, -0.05) is 11.8 Å². The highest BCUT2D eigenvalue weighted by Crippen LogP contribution is 2.33. The normalized spacial score (nSPS) is 15.0. The van der Waals surface area contributed by atoms with Crippen LogP contribution in [0, 0.1) is 6.92 Å². The van der Waals surface area contributed by atoms with Gasteiger partial charge in [0, 0.05) is 36.0 Å². The fraction of sp³-hybridized carbons (Fsp3) is 0.375. The first kappa shape index (κ1) is 18.3. The van der Waals surface area contributed by atoms with Crippen molar-refractivity contribution < 1.29 is 18.4 Å². The highest BCUT2D eigenvalue weighted by atomic mass is 32.2. The van der Waals surface area contributed by atoms with Crippen molar-refractivity contribution in [3.05, 3.63) is 38.2 Å². The largest absolute Gasteiger partial charge is 0.334 e. The van der Waals surface area contributed by atoms with Gasteiger partial charge in [-0.15, -0.1) is 22.7 Å². The molecule has 0 aromatic carbocycles. The Morgan fingerprint density at radius 1 is 1.08 bits per heavy atom. The lowest BCUT2D eigenvalue weighted by Gasteiger charge is -2.34. The molecule has 0 radical (unpaired) electrons. The SMILES string of the molecule is Cc1ccc(C(=O)N2CCN(C(=O)c3sccc3SC(F)F)CC2)s1. The molecule has 2 aromatic rings. The molecule has 0 N–H and O–H groups in total. The average Bonchev–Trinajstić information content (AvgIpc) is 3.22. The molecule has 0 bridgehead atoms. The van der Waals surface area contributed by atoms with E-state index < -0.39 is 5.76 Å². The third-order valence-corrected chi connectivity index (χ3v) is 6.64. The molecule has 0 saturated carbocycles. The minimum absolute atomic E-state index is 0.0183. The Bertz CT molecular complexity index is 767. The van der Waals surface area contributed by atoms with E-state index in [0.29, 0.717) is 52.6 Å². The molecule has 3 rings (SSSR count). The van der Waals surface area contributed by atoms with Gasteiger partial charge in [0.15, 0.2) is 0 Å². The molecule has 2 amide bonds. The highest BCUT2D eigenvalue weighted by Gasteiger charge is 2.28. The maximum atomic E-state index is 12.6. The third kappa shape index (κ3) is 4.21. The number of rotatable bonds is 4. The van der Waals surface area contributed by atoms with Crippen molar-refractivity contribution in [1.29, 1.82) is 0 Å². The van der Waals surface area contributed by atoms with Gasteiger partial charge in [-0.25, -0.2) is 0 Å². The van der Waals surface area contributed by atoms with E-state index in [-0.39, 0.29) is 11.8 Å². The first-order valence-corrected chi connectivity index (χ1v) is 10.2. The van der Waals surface area contributed by atoms with Crippen LogP contribution < -0.4 is 0 Å². The molecule has 0 aliphatic carbocycles. The topological polar surface area (TPSA) is 40.6 Å². The third-order valence-electron chi connectivity index (χ3n) is 3.84. The predicted octanol–water partition coefficient (Wildman–Crippen LogP) is 4.03. The van der Waals surface area contributed by atoms with Crippen molar-refractivity contribution >= 4 is 46.2 Å². The Hall–Kier alpha value is -1.45. The van der Waals surface area contributed by atoms with Crippen LogP contribution in [-0.4, -0.2) is 53.6 Å². The second-order valence-electron chi connectivity index (χ2n) is 5.49. The van der Waals surface area contributed by atoms with Crippen LogP contribution in [0.1, 0.15) is 24.2 Å². The molecule has 134 valence electrons. The molecule has 0 atom stereocenters. The van der Waals surface area contributed by atoms with Gasteiger partial charge in [0.2, 0.25) is 0 Å². The zero-order valence-corrected chi connectivity index (χ0v) is 15.9. The number of carbonyl (C=O) groups excluding carboxylic acids is 2. The number of nitrogens with zero attached hydrogens (tertiary/aromatic N) is 2. The van der Waals surface area contributed by atoms with Gasteiger partial charge < -0.3 is 9.80 Å². The van der Waals surface area contributed by atoms with Crippen molar-refractivity contribution in [2.75, 3.05) is 26.2 Å². The monoisotopic (exact) mass is 402 g/mol. The number of thioether (sulfide) groups is 1. The van der Waals surface area contributed by atoms with Crippen molar-refractivity contribution in [3.63, 3.8) is 0 Å². The fourth-order valence-corrected chi connectivity index (χ4v) is 5.10. The van der Waals surface area contributed by atoms with Gasteiger partial charge in [-0.3, -0.25) is 9.59 Å². The second kappa shape index (κ2) is 7.84. The summed E-state index contributed by atoms with van der Waals surface area (Å²) in [7, 11) is 0. The molecule has 3 heterocycles. The minimum atomic E-state index is -2.55. The van der Waals surface area contributed by atoms with Crippen molar-refractivity contribution in [2.45, 2.75) is 17.6 Å². The summed E-state index contributed by atoms with van der Waals surface area (Å²) in [5.74, 6) is -2.81. The molecule has 1 aliphatic heterocycles. The van der Waals surface area contributed by atoms with Crippen LogP contribution in [-0.2, 0) is 0 Å². The zero-order valence-electron chi connectivity index (χ0n) is 13.4. The van der Waals surface area contributed by atoms with Crippen molar-refractivity contribution in [2.24, 2.45) is 0 Å². The van der Waals surface area contributed by atoms with E-state index in [1.807, 2.05) is 19.1 Å². The molecule has 4 nitrogen and oxygen atoms in total. The lowest BCUT2D eigenvalue weighted by Crippen LogP contribution is -2.50. The van der Waals surface area contributed by atoms with Crippen LogP contribution in [0.2, 0.25) is 0 Å². The zero-order chi connectivity index (χ0) is 18.0. The highest BCUT2D eigenvalue weighted by molar-refractivity contribution is 7.99. The summed E-state index contributed by atoms with van der Waals surface area (Å²) in [5.41, 5.74) is 0. The summed E-state index contributed by atoms with van der Waals surface area (Å²) >= 11 is 3.03. The standard InChI is InChI=1S/C16H16F2N2O2S3/c1-10-2-3-12(24-10)14(21)19-5-7-20(8-6-19)15(22)13-11(4-9-23-13)25-16(17)18/h2-4,9,16H,5-8H2,1H3. The molecule has 25 heavy (non-hydrogen) atoms. The molecular formula is C16H16F2N2O2S3. The number of halogens is 2. The number of aryl methyl sites for hydroxylation is 1. The van der Waals surface area contributed by atoms with E-state index in [1.165, 1.54) is 22.7 Å². The summed E-state index contributed by atoms with van der Waals surface area (Å²) in [6, 6.07) is 5.28. The van der Waals surface area contributed by atoms with Gasteiger partial charge >= 0.3 is 0 Å². The van der Waals surface area contributed by atoms with Crippen LogP contribution in [0.5, 0.6) is 0 Å². The summed E-state index contributed by atoms with van der Waals surface area (Å²) in [6.45, 7) is 3.67. The molecule has 0 unspecified atom stereocenters. The molecule has 1 aliphatic rings. The quantitative estimate of drug-likeness (QED) is 0.725. The van der Waals surface area contributed by atoms with E-state index in [2.05, 4.69) is 0 Å². The molecule has 0 spiro atoms. The van der Waals surface area contributed by atoms with Crippen LogP contribution in [0.4, 0.5) is 8.78 Å². The lowest BCUT2D eigenvalue weighted by molar-refractivity contribution is 0.0539. The number of thiophene rings is 2. The van der Waals surface area contributed by atoms with Gasteiger partial charge in [-0.05, 0) is 30.5 Å². The Labute approximate surface area is 156 Å². The number of amides is 2. The Morgan fingerprint density at radius 3 is 2.28 bits per heavy atom. The molecule has 2 aromatic heterocycles. The first-order valence-electron chi connectivity index (χ1n) is 7.63. The Balaban J connectivity index is 1.61. The number of hydrogen-bond donors (Lipinski definition) is 0. The van der Waals surface area contributed by atoms with Crippen molar-refractivity contribution in [1.82, 2.24) is 9.80 Å². The summed E-state index contributed by atoms with van der Waals surface area (Å²) < 4.78 is 25.2.